The van der Waals surface area contributed by atoms with E-state index in [1.807, 2.05) is 43.4 Å². The third kappa shape index (κ3) is 6.08. The minimum absolute atomic E-state index is 0.227. The zero-order chi connectivity index (χ0) is 22.9. The lowest BCUT2D eigenvalue weighted by Crippen LogP contribution is -2.17. The summed E-state index contributed by atoms with van der Waals surface area (Å²) < 4.78 is 5.93. The first-order chi connectivity index (χ1) is 15.5. The molecule has 2 heterocycles. The van der Waals surface area contributed by atoms with Gasteiger partial charge in [0, 0.05) is 23.5 Å². The van der Waals surface area contributed by atoms with Crippen LogP contribution in [-0.2, 0) is 6.42 Å². The molecular weight excluding hydrogens is 400 g/mol. The molecule has 0 saturated heterocycles. The Morgan fingerprint density at radius 2 is 2.16 bits per heavy atom. The number of aryl methyl sites for hydroxylation is 1. The maximum absolute atomic E-state index is 12.6. The van der Waals surface area contributed by atoms with Gasteiger partial charge in [0.2, 0.25) is 0 Å². The highest BCUT2D eigenvalue weighted by Crippen LogP contribution is 2.30. The third-order valence-corrected chi connectivity index (χ3v) is 5.16. The van der Waals surface area contributed by atoms with E-state index < -0.39 is 0 Å². The summed E-state index contributed by atoms with van der Waals surface area (Å²) in [4.78, 5) is 14.8. The lowest BCUT2D eigenvalue weighted by molar-refractivity contribution is 0.281. The zero-order valence-electron chi connectivity index (χ0n) is 19.1. The largest absolute Gasteiger partial charge is 0.494 e. The van der Waals surface area contributed by atoms with E-state index in [2.05, 4.69) is 53.2 Å². The molecule has 2 aromatic rings. The number of nitrogens with one attached hydrogen (secondary N) is 2. The smallest absolute Gasteiger partial charge is 0.273 e. The number of rotatable bonds is 9. The van der Waals surface area contributed by atoms with Gasteiger partial charge in [-0.25, -0.2) is 5.10 Å². The molecule has 0 bridgehead atoms. The number of anilines is 1. The van der Waals surface area contributed by atoms with Gasteiger partial charge in [0.15, 0.2) is 0 Å². The summed E-state index contributed by atoms with van der Waals surface area (Å²) in [6, 6.07) is 7.91. The van der Waals surface area contributed by atoms with E-state index >= 15 is 0 Å². The van der Waals surface area contributed by atoms with Crippen molar-refractivity contribution in [1.82, 2.24) is 15.1 Å². The van der Waals surface area contributed by atoms with Gasteiger partial charge in [0.25, 0.3) is 5.56 Å². The Balaban J connectivity index is 1.81. The highest BCUT2D eigenvalue weighted by Gasteiger charge is 2.15. The molecular formula is C26H32N4O2. The normalized spacial score (nSPS) is 14.0. The molecule has 6 nitrogen and oxygen atoms in total. The van der Waals surface area contributed by atoms with Gasteiger partial charge in [-0.2, -0.15) is 5.10 Å². The summed E-state index contributed by atoms with van der Waals surface area (Å²) in [5.41, 5.74) is 4.85. The number of nitrogens with zero attached hydrogens (tertiary/aromatic N) is 2. The lowest BCUT2D eigenvalue weighted by Gasteiger charge is -2.14. The highest BCUT2D eigenvalue weighted by molar-refractivity contribution is 5.81. The van der Waals surface area contributed by atoms with E-state index in [1.54, 1.807) is 6.08 Å². The summed E-state index contributed by atoms with van der Waals surface area (Å²) in [5, 5.41) is 10.3. The van der Waals surface area contributed by atoms with Crippen LogP contribution in [0, 0.1) is 0 Å². The number of benzene rings is 1. The third-order valence-electron chi connectivity index (χ3n) is 5.16. The Hall–Kier alpha value is -3.38. The van der Waals surface area contributed by atoms with E-state index in [-0.39, 0.29) is 5.56 Å². The molecule has 0 unspecified atom stereocenters. The van der Waals surface area contributed by atoms with Crippen molar-refractivity contribution in [3.05, 3.63) is 88.4 Å². The van der Waals surface area contributed by atoms with Gasteiger partial charge >= 0.3 is 0 Å². The first kappa shape index (κ1) is 23.3. The van der Waals surface area contributed by atoms with Crippen molar-refractivity contribution in [2.24, 2.45) is 0 Å². The second kappa shape index (κ2) is 11.3. The van der Waals surface area contributed by atoms with Crippen molar-refractivity contribution in [2.75, 3.05) is 32.6 Å². The lowest BCUT2D eigenvalue weighted by atomic mass is 10.1. The van der Waals surface area contributed by atoms with Crippen molar-refractivity contribution in [1.29, 1.82) is 0 Å². The van der Waals surface area contributed by atoms with Crippen LogP contribution in [0.3, 0.4) is 0 Å². The number of fused-ring (bicyclic) bond motifs is 1. The molecule has 32 heavy (non-hydrogen) atoms. The predicted molar refractivity (Wildman–Crippen MR) is 133 cm³/mol. The van der Waals surface area contributed by atoms with Gasteiger partial charge in [-0.15, -0.1) is 0 Å². The number of ether oxygens (including phenoxy) is 1. The standard InChI is InChI=1S/C26H32N4O2/c1-5-9-19(10-6-2)25-18-22(26(31)29-28-25)24-12-7-11-20-17-21(13-14-23(20)27-24)32-16-8-15-30(3)4/h5-6,9-10,12-14,17-18,27H,1,7-8,11,15-16H2,2-4H3,(H,29,31)/b10-6-,19-9+. The molecule has 6 heteroatoms. The van der Waals surface area contributed by atoms with Crippen molar-refractivity contribution in [3.63, 3.8) is 0 Å². The summed E-state index contributed by atoms with van der Waals surface area (Å²) >= 11 is 0. The highest BCUT2D eigenvalue weighted by atomic mass is 16.5. The second-order valence-electron chi connectivity index (χ2n) is 7.96. The fraction of sp³-hybridized carbons (Fsp3) is 0.308. The number of hydrogen-bond donors (Lipinski definition) is 2. The molecule has 0 atom stereocenters. The summed E-state index contributed by atoms with van der Waals surface area (Å²) in [7, 11) is 4.12. The predicted octanol–water partition coefficient (Wildman–Crippen LogP) is 4.65. The van der Waals surface area contributed by atoms with Crippen LogP contribution in [0.15, 0.2) is 66.0 Å². The number of H-pyrrole nitrogens is 1. The SMILES string of the molecule is C=C/C=C(\C=C/C)c1cc(C2=CCCc3cc(OCCCN(C)C)ccc3N2)c(=O)[nH]n1. The van der Waals surface area contributed by atoms with Crippen LogP contribution in [0.25, 0.3) is 11.3 Å². The van der Waals surface area contributed by atoms with Gasteiger partial charge in [-0.1, -0.05) is 37.0 Å². The van der Waals surface area contributed by atoms with E-state index in [1.165, 1.54) is 5.56 Å². The number of aromatic nitrogens is 2. The Bertz CT molecular complexity index is 1090. The average Bonchev–Trinajstić information content (AvgIpc) is 2.99. The molecule has 1 aliphatic heterocycles. The van der Waals surface area contributed by atoms with Crippen LogP contribution in [-0.4, -0.2) is 42.3 Å². The van der Waals surface area contributed by atoms with Crippen LogP contribution in [0.1, 0.15) is 36.6 Å². The molecule has 0 radical (unpaired) electrons. The van der Waals surface area contributed by atoms with Gasteiger partial charge in [0.05, 0.1) is 17.9 Å². The molecule has 2 N–H and O–H groups in total. The average molecular weight is 433 g/mol. The maximum Gasteiger partial charge on any atom is 0.273 e. The Kier molecular flexibility index (Phi) is 8.22. The molecule has 168 valence electrons. The minimum Gasteiger partial charge on any atom is -0.494 e. The van der Waals surface area contributed by atoms with Crippen LogP contribution >= 0.6 is 0 Å². The molecule has 1 aromatic heterocycles. The maximum atomic E-state index is 12.6. The number of aromatic amines is 1. The van der Waals surface area contributed by atoms with Crippen LogP contribution < -0.4 is 15.6 Å². The molecule has 0 spiro atoms. The van der Waals surface area contributed by atoms with Crippen molar-refractivity contribution in [2.45, 2.75) is 26.2 Å². The number of allylic oxidation sites excluding steroid dienone is 6. The van der Waals surface area contributed by atoms with Gasteiger partial charge < -0.3 is 15.0 Å². The van der Waals surface area contributed by atoms with E-state index in [0.29, 0.717) is 17.9 Å². The number of hydrogen-bond acceptors (Lipinski definition) is 5. The Morgan fingerprint density at radius 1 is 1.31 bits per heavy atom. The first-order valence-corrected chi connectivity index (χ1v) is 11.0. The summed E-state index contributed by atoms with van der Waals surface area (Å²) in [5.74, 6) is 0.877. The van der Waals surface area contributed by atoms with Gasteiger partial charge in [-0.05, 0) is 70.1 Å². The molecule has 3 rings (SSSR count). The fourth-order valence-electron chi connectivity index (χ4n) is 3.59. The minimum atomic E-state index is -0.227. The van der Waals surface area contributed by atoms with Gasteiger partial charge in [-0.3, -0.25) is 4.79 Å². The first-order valence-electron chi connectivity index (χ1n) is 11.0. The Morgan fingerprint density at radius 3 is 2.91 bits per heavy atom. The van der Waals surface area contributed by atoms with E-state index in [0.717, 1.165) is 48.5 Å². The van der Waals surface area contributed by atoms with Crippen LogP contribution in [0.4, 0.5) is 5.69 Å². The molecule has 1 aliphatic rings. The summed E-state index contributed by atoms with van der Waals surface area (Å²) in [6.07, 6.45) is 12.2. The quantitative estimate of drug-likeness (QED) is 0.446. The molecule has 0 fully saturated rings. The molecule has 0 amide bonds. The summed E-state index contributed by atoms with van der Waals surface area (Å²) in [6.45, 7) is 7.40. The second-order valence-corrected chi connectivity index (χ2v) is 7.96. The monoisotopic (exact) mass is 432 g/mol. The van der Waals surface area contributed by atoms with Crippen LogP contribution in [0.2, 0.25) is 0 Å². The fourth-order valence-corrected chi connectivity index (χ4v) is 3.59. The molecule has 0 saturated carbocycles. The zero-order valence-corrected chi connectivity index (χ0v) is 19.1. The Labute approximate surface area is 190 Å². The topological polar surface area (TPSA) is 70.2 Å². The van der Waals surface area contributed by atoms with E-state index in [9.17, 15) is 4.79 Å². The van der Waals surface area contributed by atoms with Crippen molar-refractivity contribution < 1.29 is 4.74 Å². The van der Waals surface area contributed by atoms with Gasteiger partial charge in [0.1, 0.15) is 5.75 Å². The van der Waals surface area contributed by atoms with Crippen molar-refractivity contribution >= 4 is 17.0 Å². The van der Waals surface area contributed by atoms with Crippen LogP contribution in [0.5, 0.6) is 5.75 Å². The van der Waals surface area contributed by atoms with E-state index in [4.69, 9.17) is 4.74 Å². The molecule has 1 aromatic carbocycles. The molecule has 0 aliphatic carbocycles. The van der Waals surface area contributed by atoms with Crippen molar-refractivity contribution in [3.8, 4) is 5.75 Å².